The standard InChI is InChI=1S/C27H34N2O6/c1-4-34-27(31)35-22-5-6-23-20(14-22)13-21(23)17-28-10-7-26(30)29-11-8-18-15-24(32-2)25(33-3)16-19(18)9-12-29/h5-6,14-16,21,28H,4,7-13,17H2,1-3H3. The van der Waals surface area contributed by atoms with Gasteiger partial charge in [0.05, 0.1) is 20.8 Å². The molecule has 0 bridgehead atoms. The lowest BCUT2D eigenvalue weighted by Crippen LogP contribution is -2.36. The van der Waals surface area contributed by atoms with Crippen molar-refractivity contribution < 1.29 is 28.5 Å². The Bertz CT molecular complexity index is 1030. The van der Waals surface area contributed by atoms with Gasteiger partial charge in [0, 0.05) is 38.5 Å². The van der Waals surface area contributed by atoms with Crippen LogP contribution in [0.2, 0.25) is 0 Å². The molecule has 0 fully saturated rings. The molecule has 1 N–H and O–H groups in total. The van der Waals surface area contributed by atoms with Gasteiger partial charge in [0.1, 0.15) is 5.75 Å². The number of fused-ring (bicyclic) bond motifs is 2. The van der Waals surface area contributed by atoms with Crippen molar-refractivity contribution in [3.63, 3.8) is 0 Å². The molecule has 0 aromatic heterocycles. The summed E-state index contributed by atoms with van der Waals surface area (Å²) >= 11 is 0. The molecule has 2 aromatic carbocycles. The zero-order chi connectivity index (χ0) is 24.8. The van der Waals surface area contributed by atoms with E-state index in [0.29, 0.717) is 37.7 Å². The van der Waals surface area contributed by atoms with Gasteiger partial charge < -0.3 is 29.2 Å². The van der Waals surface area contributed by atoms with E-state index >= 15 is 0 Å². The summed E-state index contributed by atoms with van der Waals surface area (Å²) in [6.45, 7) is 4.94. The molecule has 1 atom stereocenters. The van der Waals surface area contributed by atoms with Crippen LogP contribution >= 0.6 is 0 Å². The van der Waals surface area contributed by atoms with Crippen molar-refractivity contribution >= 4 is 12.1 Å². The SMILES string of the molecule is CCOC(=O)Oc1ccc2c(c1)CC2CNCCC(=O)N1CCc2cc(OC)c(OC)cc2CC1. The van der Waals surface area contributed by atoms with Gasteiger partial charge in [0.25, 0.3) is 0 Å². The fourth-order valence-electron chi connectivity index (χ4n) is 4.82. The Morgan fingerprint density at radius 1 is 1.00 bits per heavy atom. The molecule has 0 saturated carbocycles. The minimum Gasteiger partial charge on any atom is -0.493 e. The number of rotatable bonds is 9. The number of methoxy groups -OCH3 is 2. The number of benzene rings is 2. The Morgan fingerprint density at radius 3 is 2.29 bits per heavy atom. The van der Waals surface area contributed by atoms with E-state index < -0.39 is 6.16 Å². The van der Waals surface area contributed by atoms with Crippen molar-refractivity contribution in [1.82, 2.24) is 10.2 Å². The zero-order valence-electron chi connectivity index (χ0n) is 20.7. The summed E-state index contributed by atoms with van der Waals surface area (Å²) in [5, 5.41) is 3.44. The van der Waals surface area contributed by atoms with E-state index in [2.05, 4.69) is 5.32 Å². The number of hydrogen-bond acceptors (Lipinski definition) is 7. The fraction of sp³-hybridized carbons (Fsp3) is 0.481. The second-order valence-corrected chi connectivity index (χ2v) is 8.86. The first-order valence-corrected chi connectivity index (χ1v) is 12.2. The predicted octanol–water partition coefficient (Wildman–Crippen LogP) is 3.49. The molecule has 8 nitrogen and oxygen atoms in total. The number of amides is 1. The summed E-state index contributed by atoms with van der Waals surface area (Å²) in [7, 11) is 3.29. The smallest absolute Gasteiger partial charge is 0.493 e. The van der Waals surface area contributed by atoms with Gasteiger partial charge in [0.15, 0.2) is 11.5 Å². The largest absolute Gasteiger partial charge is 0.513 e. The van der Waals surface area contributed by atoms with Crippen LogP contribution in [-0.2, 0) is 28.8 Å². The molecule has 35 heavy (non-hydrogen) atoms. The van der Waals surface area contributed by atoms with E-state index in [1.807, 2.05) is 29.2 Å². The maximum Gasteiger partial charge on any atom is 0.513 e. The maximum absolute atomic E-state index is 12.8. The average Bonchev–Trinajstić information content (AvgIpc) is 3.05. The summed E-state index contributed by atoms with van der Waals surface area (Å²) < 4.78 is 20.8. The molecule has 1 unspecified atom stereocenters. The normalized spacial score (nSPS) is 16.3. The number of carbonyl (C=O) groups excluding carboxylic acids is 2. The molecule has 2 aliphatic rings. The number of nitrogens with one attached hydrogen (secondary N) is 1. The van der Waals surface area contributed by atoms with Crippen LogP contribution in [0.3, 0.4) is 0 Å². The second-order valence-electron chi connectivity index (χ2n) is 8.86. The van der Waals surface area contributed by atoms with Gasteiger partial charge in [-0.15, -0.1) is 0 Å². The van der Waals surface area contributed by atoms with E-state index in [1.54, 1.807) is 27.2 Å². The van der Waals surface area contributed by atoms with Gasteiger partial charge in [-0.2, -0.15) is 0 Å². The first kappa shape index (κ1) is 24.9. The Hall–Kier alpha value is -3.26. The van der Waals surface area contributed by atoms with Crippen molar-refractivity contribution in [2.24, 2.45) is 0 Å². The summed E-state index contributed by atoms with van der Waals surface area (Å²) in [5.41, 5.74) is 4.88. The molecule has 0 saturated heterocycles. The topological polar surface area (TPSA) is 86.3 Å². The van der Waals surface area contributed by atoms with Gasteiger partial charge >= 0.3 is 6.16 Å². The lowest BCUT2D eigenvalue weighted by molar-refractivity contribution is -0.131. The van der Waals surface area contributed by atoms with Gasteiger partial charge in [-0.25, -0.2) is 4.79 Å². The summed E-state index contributed by atoms with van der Waals surface area (Å²) in [5.74, 6) is 2.56. The Balaban J connectivity index is 1.20. The predicted molar refractivity (Wildman–Crippen MR) is 132 cm³/mol. The maximum atomic E-state index is 12.8. The fourth-order valence-corrected chi connectivity index (χ4v) is 4.82. The quantitative estimate of drug-likeness (QED) is 0.333. The van der Waals surface area contributed by atoms with Crippen LogP contribution in [-0.4, -0.2) is 64.0 Å². The molecule has 188 valence electrons. The average molecular weight is 483 g/mol. The Morgan fingerprint density at radius 2 is 1.69 bits per heavy atom. The first-order valence-electron chi connectivity index (χ1n) is 12.2. The number of ether oxygens (including phenoxy) is 4. The van der Waals surface area contributed by atoms with Crippen molar-refractivity contribution in [2.75, 3.05) is 47.0 Å². The summed E-state index contributed by atoms with van der Waals surface area (Å²) in [6.07, 6.45) is 2.36. The minimum atomic E-state index is -0.678. The van der Waals surface area contributed by atoms with E-state index in [4.69, 9.17) is 18.9 Å². The summed E-state index contributed by atoms with van der Waals surface area (Å²) in [4.78, 5) is 26.3. The van der Waals surface area contributed by atoms with Gasteiger partial charge in [-0.05, 0) is 72.7 Å². The number of nitrogens with zero attached hydrogens (tertiary/aromatic N) is 1. The highest BCUT2D eigenvalue weighted by Gasteiger charge is 2.27. The van der Waals surface area contributed by atoms with Crippen molar-refractivity contribution in [3.8, 4) is 17.2 Å². The highest BCUT2D eigenvalue weighted by molar-refractivity contribution is 5.76. The van der Waals surface area contributed by atoms with Crippen LogP contribution in [0.15, 0.2) is 30.3 Å². The van der Waals surface area contributed by atoms with Crippen LogP contribution in [0.1, 0.15) is 41.5 Å². The third kappa shape index (κ3) is 5.88. The molecule has 4 rings (SSSR count). The molecular weight excluding hydrogens is 448 g/mol. The van der Waals surface area contributed by atoms with Crippen LogP contribution in [0.4, 0.5) is 4.79 Å². The van der Waals surface area contributed by atoms with Gasteiger partial charge in [0.2, 0.25) is 5.91 Å². The van der Waals surface area contributed by atoms with Crippen LogP contribution in [0.5, 0.6) is 17.2 Å². The molecule has 1 aliphatic heterocycles. The van der Waals surface area contributed by atoms with E-state index in [0.717, 1.165) is 37.3 Å². The van der Waals surface area contributed by atoms with Crippen LogP contribution in [0.25, 0.3) is 0 Å². The molecule has 0 radical (unpaired) electrons. The Kier molecular flexibility index (Phi) is 8.13. The van der Waals surface area contributed by atoms with Crippen LogP contribution < -0.4 is 19.5 Å². The van der Waals surface area contributed by atoms with E-state index in [9.17, 15) is 9.59 Å². The Labute approximate surface area is 206 Å². The molecule has 1 aliphatic carbocycles. The highest BCUT2D eigenvalue weighted by atomic mass is 16.7. The number of carbonyl (C=O) groups is 2. The van der Waals surface area contributed by atoms with Crippen molar-refractivity contribution in [3.05, 3.63) is 52.6 Å². The molecule has 8 heteroatoms. The highest BCUT2D eigenvalue weighted by Crippen LogP contribution is 2.37. The van der Waals surface area contributed by atoms with Crippen molar-refractivity contribution in [1.29, 1.82) is 0 Å². The molecule has 1 amide bonds. The third-order valence-corrected chi connectivity index (χ3v) is 6.75. The minimum absolute atomic E-state index is 0.180. The molecule has 1 heterocycles. The van der Waals surface area contributed by atoms with Gasteiger partial charge in [-0.1, -0.05) is 6.07 Å². The monoisotopic (exact) mass is 482 g/mol. The van der Waals surface area contributed by atoms with E-state index in [-0.39, 0.29) is 12.5 Å². The summed E-state index contributed by atoms with van der Waals surface area (Å²) in [6, 6.07) is 9.77. The third-order valence-electron chi connectivity index (χ3n) is 6.75. The van der Waals surface area contributed by atoms with Gasteiger partial charge in [-0.3, -0.25) is 4.79 Å². The number of hydrogen-bond donors (Lipinski definition) is 1. The van der Waals surface area contributed by atoms with Crippen LogP contribution in [0, 0.1) is 0 Å². The lowest BCUT2D eigenvalue weighted by Gasteiger charge is -2.31. The molecule has 2 aromatic rings. The molecular formula is C27H34N2O6. The van der Waals surface area contributed by atoms with Crippen molar-refractivity contribution in [2.45, 2.75) is 38.5 Å². The zero-order valence-corrected chi connectivity index (χ0v) is 20.7. The van der Waals surface area contributed by atoms with E-state index in [1.165, 1.54) is 22.3 Å². The lowest BCUT2D eigenvalue weighted by atomic mass is 9.77. The second kappa shape index (κ2) is 11.4. The molecule has 0 spiro atoms. The first-order chi connectivity index (χ1) is 17.0.